The zero-order valence-corrected chi connectivity index (χ0v) is 19.4. The van der Waals surface area contributed by atoms with E-state index in [1.165, 1.54) is 24.1 Å². The molecule has 1 saturated heterocycles. The van der Waals surface area contributed by atoms with Gasteiger partial charge in [-0.1, -0.05) is 12.1 Å². The number of benzene rings is 2. The molecule has 174 valence electrons. The van der Waals surface area contributed by atoms with Crippen molar-refractivity contribution in [3.8, 4) is 11.3 Å². The van der Waals surface area contributed by atoms with E-state index in [1.54, 1.807) is 4.68 Å². The number of H-pyrrole nitrogens is 1. The number of carbonyl (C=O) groups excluding carboxylic acids is 1. The number of aryl methyl sites for hydroxylation is 1. The molecule has 0 radical (unpaired) electrons. The van der Waals surface area contributed by atoms with Gasteiger partial charge in [0, 0.05) is 60.4 Å². The average Bonchev–Trinajstić information content (AvgIpc) is 3.44. The fraction of sp³-hybridized carbons (Fsp3) is 0.333. The minimum Gasteiger partial charge on any atom is -0.381 e. The molecule has 4 N–H and O–H groups in total. The standard InChI is InChI=1S/C27H30N6O/c1-32-15-19(14-29-32)24-13-23-25(11-10-22(27(28)34)26(23)31-24)33-12-2-3-21(16-33)30-20-8-6-18(7-9-20)17-4-5-17/h6-11,13-15,17,21,30-31H,2-5,12,16H2,1H3,(H2,28,34). The Morgan fingerprint density at radius 3 is 2.68 bits per heavy atom. The molecule has 2 aromatic carbocycles. The molecule has 3 heterocycles. The van der Waals surface area contributed by atoms with Crippen molar-refractivity contribution in [1.29, 1.82) is 0 Å². The molecular formula is C27H30N6O. The van der Waals surface area contributed by atoms with Gasteiger partial charge in [-0.2, -0.15) is 5.10 Å². The second kappa shape index (κ2) is 8.24. The highest BCUT2D eigenvalue weighted by Gasteiger charge is 2.25. The third kappa shape index (κ3) is 3.91. The van der Waals surface area contributed by atoms with E-state index in [4.69, 9.17) is 5.73 Å². The van der Waals surface area contributed by atoms with Gasteiger partial charge in [-0.05, 0) is 67.5 Å². The van der Waals surface area contributed by atoms with Crippen molar-refractivity contribution in [1.82, 2.24) is 14.8 Å². The number of fused-ring (bicyclic) bond motifs is 1. The van der Waals surface area contributed by atoms with Crippen molar-refractivity contribution in [3.05, 3.63) is 66.0 Å². The lowest BCUT2D eigenvalue weighted by Gasteiger charge is -2.35. The van der Waals surface area contributed by atoms with E-state index in [1.807, 2.05) is 31.6 Å². The van der Waals surface area contributed by atoms with Crippen LogP contribution in [0, 0.1) is 0 Å². The van der Waals surface area contributed by atoms with Crippen LogP contribution in [0.3, 0.4) is 0 Å². The second-order valence-corrected chi connectivity index (χ2v) is 9.70. The molecule has 1 unspecified atom stereocenters. The number of nitrogens with two attached hydrogens (primary N) is 1. The number of hydrogen-bond acceptors (Lipinski definition) is 4. The van der Waals surface area contributed by atoms with E-state index >= 15 is 0 Å². The Balaban J connectivity index is 1.28. The van der Waals surface area contributed by atoms with Crippen molar-refractivity contribution < 1.29 is 4.79 Å². The van der Waals surface area contributed by atoms with Crippen LogP contribution in [0.1, 0.15) is 47.5 Å². The van der Waals surface area contributed by atoms with Gasteiger partial charge in [-0.25, -0.2) is 0 Å². The maximum Gasteiger partial charge on any atom is 0.250 e. The molecule has 7 nitrogen and oxygen atoms in total. The van der Waals surface area contributed by atoms with E-state index in [0.717, 1.165) is 59.7 Å². The normalized spacial score (nSPS) is 18.4. The van der Waals surface area contributed by atoms with Gasteiger partial charge in [0.05, 0.1) is 17.3 Å². The highest BCUT2D eigenvalue weighted by Crippen LogP contribution is 2.40. The van der Waals surface area contributed by atoms with Crippen molar-refractivity contribution >= 4 is 28.2 Å². The van der Waals surface area contributed by atoms with E-state index in [0.29, 0.717) is 11.6 Å². The molecule has 1 amide bonds. The van der Waals surface area contributed by atoms with Crippen LogP contribution in [-0.4, -0.2) is 39.8 Å². The maximum absolute atomic E-state index is 12.1. The molecule has 0 spiro atoms. The Kier molecular flexibility index (Phi) is 5.05. The molecule has 1 saturated carbocycles. The molecule has 4 aromatic rings. The molecule has 6 rings (SSSR count). The Bertz CT molecular complexity index is 1350. The van der Waals surface area contributed by atoms with Gasteiger partial charge in [0.15, 0.2) is 0 Å². The van der Waals surface area contributed by atoms with E-state index in [9.17, 15) is 4.79 Å². The Morgan fingerprint density at radius 1 is 1.15 bits per heavy atom. The predicted octanol–water partition coefficient (Wildman–Crippen LogP) is 4.63. The first-order valence-corrected chi connectivity index (χ1v) is 12.1. The van der Waals surface area contributed by atoms with Crippen molar-refractivity contribution in [3.63, 3.8) is 0 Å². The fourth-order valence-electron chi connectivity index (χ4n) is 5.22. The van der Waals surface area contributed by atoms with Crippen LogP contribution in [0.25, 0.3) is 22.2 Å². The van der Waals surface area contributed by atoms with Crippen LogP contribution in [-0.2, 0) is 7.05 Å². The van der Waals surface area contributed by atoms with Gasteiger partial charge in [-0.15, -0.1) is 0 Å². The van der Waals surface area contributed by atoms with Crippen LogP contribution in [0.5, 0.6) is 0 Å². The molecule has 2 aromatic heterocycles. The SMILES string of the molecule is Cn1cc(-c2cc3c(N4CCCC(Nc5ccc(C6CC6)cc5)C4)ccc(C(N)=O)c3[nH]2)cn1. The van der Waals surface area contributed by atoms with Gasteiger partial charge < -0.3 is 20.9 Å². The van der Waals surface area contributed by atoms with Crippen LogP contribution >= 0.6 is 0 Å². The third-order valence-electron chi connectivity index (χ3n) is 7.14. The first kappa shape index (κ1) is 20.8. The molecule has 34 heavy (non-hydrogen) atoms. The van der Waals surface area contributed by atoms with E-state index in [2.05, 4.69) is 50.6 Å². The molecule has 1 atom stereocenters. The molecule has 0 bridgehead atoms. The number of amides is 1. The molecule has 1 aliphatic carbocycles. The summed E-state index contributed by atoms with van der Waals surface area (Å²) in [6.07, 6.45) is 8.69. The third-order valence-corrected chi connectivity index (χ3v) is 7.14. The summed E-state index contributed by atoms with van der Waals surface area (Å²) in [7, 11) is 1.90. The predicted molar refractivity (Wildman–Crippen MR) is 136 cm³/mol. The topological polar surface area (TPSA) is 92.0 Å². The summed E-state index contributed by atoms with van der Waals surface area (Å²) in [6, 6.07) is 15.3. The lowest BCUT2D eigenvalue weighted by atomic mass is 10.0. The Hall–Kier alpha value is -3.74. The quantitative estimate of drug-likeness (QED) is 0.396. The number of anilines is 2. The Labute approximate surface area is 198 Å². The number of primary amides is 1. The molecule has 1 aliphatic heterocycles. The lowest BCUT2D eigenvalue weighted by Crippen LogP contribution is -2.42. The first-order valence-electron chi connectivity index (χ1n) is 12.1. The van der Waals surface area contributed by atoms with Crippen LogP contribution in [0.4, 0.5) is 11.4 Å². The van der Waals surface area contributed by atoms with Crippen molar-refractivity contribution in [2.75, 3.05) is 23.3 Å². The monoisotopic (exact) mass is 454 g/mol. The van der Waals surface area contributed by atoms with Crippen LogP contribution < -0.4 is 16.0 Å². The van der Waals surface area contributed by atoms with Crippen LogP contribution in [0.2, 0.25) is 0 Å². The van der Waals surface area contributed by atoms with Crippen LogP contribution in [0.15, 0.2) is 54.9 Å². The lowest BCUT2D eigenvalue weighted by molar-refractivity contribution is 0.100. The number of nitrogens with one attached hydrogen (secondary N) is 2. The molecular weight excluding hydrogens is 424 g/mol. The van der Waals surface area contributed by atoms with Crippen molar-refractivity contribution in [2.24, 2.45) is 12.8 Å². The maximum atomic E-state index is 12.1. The van der Waals surface area contributed by atoms with Gasteiger partial charge in [0.25, 0.3) is 5.91 Å². The number of rotatable bonds is 6. The number of aromatic amines is 1. The number of hydrogen-bond donors (Lipinski definition) is 3. The number of nitrogens with zero attached hydrogens (tertiary/aromatic N) is 3. The Morgan fingerprint density at radius 2 is 1.97 bits per heavy atom. The molecule has 7 heteroatoms. The zero-order valence-electron chi connectivity index (χ0n) is 19.4. The van der Waals surface area contributed by atoms with E-state index in [-0.39, 0.29) is 0 Å². The number of piperidine rings is 1. The van der Waals surface area contributed by atoms with Gasteiger partial charge >= 0.3 is 0 Å². The summed E-state index contributed by atoms with van der Waals surface area (Å²) in [5.41, 5.74) is 12.7. The summed E-state index contributed by atoms with van der Waals surface area (Å²) in [4.78, 5) is 18.0. The highest BCUT2D eigenvalue weighted by atomic mass is 16.1. The fourth-order valence-corrected chi connectivity index (χ4v) is 5.22. The zero-order chi connectivity index (χ0) is 23.2. The minimum atomic E-state index is -0.427. The van der Waals surface area contributed by atoms with Gasteiger partial charge in [0.1, 0.15) is 0 Å². The summed E-state index contributed by atoms with van der Waals surface area (Å²) in [5.74, 6) is 0.354. The summed E-state index contributed by atoms with van der Waals surface area (Å²) < 4.78 is 1.77. The molecule has 2 aliphatic rings. The first-order chi connectivity index (χ1) is 16.5. The largest absolute Gasteiger partial charge is 0.381 e. The van der Waals surface area contributed by atoms with E-state index < -0.39 is 5.91 Å². The minimum absolute atomic E-state index is 0.364. The second-order valence-electron chi connectivity index (χ2n) is 9.70. The van der Waals surface area contributed by atoms with Gasteiger partial charge in [0.2, 0.25) is 0 Å². The summed E-state index contributed by atoms with van der Waals surface area (Å²) in [5, 5.41) is 9.05. The number of carbonyl (C=O) groups is 1. The van der Waals surface area contributed by atoms with Crippen molar-refractivity contribution in [2.45, 2.75) is 37.6 Å². The molecule has 2 fully saturated rings. The number of aromatic nitrogens is 3. The smallest absolute Gasteiger partial charge is 0.250 e. The average molecular weight is 455 g/mol. The summed E-state index contributed by atoms with van der Waals surface area (Å²) >= 11 is 0. The summed E-state index contributed by atoms with van der Waals surface area (Å²) in [6.45, 7) is 1.89. The van der Waals surface area contributed by atoms with Gasteiger partial charge in [-0.3, -0.25) is 9.48 Å². The highest BCUT2D eigenvalue weighted by molar-refractivity contribution is 6.09.